The minimum absolute atomic E-state index is 0.169. The summed E-state index contributed by atoms with van der Waals surface area (Å²) in [5.41, 5.74) is 9.37. The van der Waals surface area contributed by atoms with Crippen LogP contribution in [0.3, 0.4) is 0 Å². The van der Waals surface area contributed by atoms with Crippen molar-refractivity contribution in [2.75, 3.05) is 6.54 Å². The molecule has 14 heteroatoms. The number of nitrogens with zero attached hydrogens (tertiary/aromatic N) is 6. The predicted octanol–water partition coefficient (Wildman–Crippen LogP) is 8.38. The first-order valence-electron chi connectivity index (χ1n) is 20.1. The van der Waals surface area contributed by atoms with Gasteiger partial charge in [-0.25, -0.2) is 4.39 Å². The SMILES string of the molecule is Cn1c2c(c3ccc(-n4ccc(-c5ccc(C(F)(F)F)cn5)cc4=O)cc31)CNCC2.Cn1c2c(c3ccc(-n4ccc(OCc5ccc(F)cn5)cc4=O)cc31)CCCC2. The molecular formula is C47H41F4N7O3. The summed E-state index contributed by atoms with van der Waals surface area (Å²) in [6, 6.07) is 23.6. The molecule has 1 N–H and O–H groups in total. The Hall–Kier alpha value is -6.80. The topological polar surface area (TPSA) is 101 Å². The van der Waals surface area contributed by atoms with E-state index < -0.39 is 17.6 Å². The molecule has 0 bridgehead atoms. The van der Waals surface area contributed by atoms with E-state index in [0.717, 1.165) is 73.2 Å². The second-order valence-electron chi connectivity index (χ2n) is 15.4. The van der Waals surface area contributed by atoms with Gasteiger partial charge in [-0.2, -0.15) is 13.2 Å². The highest BCUT2D eigenvalue weighted by atomic mass is 19.4. The maximum absolute atomic E-state index is 12.9. The van der Waals surface area contributed by atoms with E-state index in [2.05, 4.69) is 43.6 Å². The zero-order valence-electron chi connectivity index (χ0n) is 33.5. The summed E-state index contributed by atoms with van der Waals surface area (Å²) in [7, 11) is 4.15. The van der Waals surface area contributed by atoms with Crippen LogP contribution in [0.15, 0.2) is 119 Å². The molecule has 6 aromatic heterocycles. The number of hydrogen-bond donors (Lipinski definition) is 1. The van der Waals surface area contributed by atoms with Gasteiger partial charge in [0.05, 0.1) is 45.6 Å². The van der Waals surface area contributed by atoms with Crippen LogP contribution in [0.2, 0.25) is 0 Å². The number of ether oxygens (including phenoxy) is 1. The standard InChI is InChI=1S/C24H22FN3O2.C23H19F3N4O/c1-27-22-5-3-2-4-20(22)21-9-8-18(12-23(21)27)28-11-10-19(13-24(28)29)30-15-17-7-6-16(25)14-26-17;1-29-20-6-8-27-13-18(20)17-4-3-16(11-21(17)29)30-9-7-14(10-22(30)31)19-5-2-15(12-28-19)23(24,25)26/h6-14H,2-5,15H2,1H3;2-5,7,9-12,27H,6,8,13H2,1H3. The molecule has 7 heterocycles. The van der Waals surface area contributed by atoms with E-state index in [9.17, 15) is 27.2 Å². The molecule has 8 aromatic rings. The summed E-state index contributed by atoms with van der Waals surface area (Å²) in [6.07, 6.45) is 6.51. The molecule has 61 heavy (non-hydrogen) atoms. The highest BCUT2D eigenvalue weighted by Crippen LogP contribution is 2.33. The lowest BCUT2D eigenvalue weighted by Gasteiger charge is -2.14. The fraction of sp³-hybridized carbons (Fsp3) is 0.234. The normalized spacial score (nSPS) is 13.7. The van der Waals surface area contributed by atoms with Gasteiger partial charge >= 0.3 is 6.18 Å². The predicted molar refractivity (Wildman–Crippen MR) is 226 cm³/mol. The monoisotopic (exact) mass is 827 g/mol. The van der Waals surface area contributed by atoms with Crippen molar-refractivity contribution in [2.45, 2.75) is 51.4 Å². The van der Waals surface area contributed by atoms with Crippen LogP contribution in [-0.4, -0.2) is 34.8 Å². The third-order valence-corrected chi connectivity index (χ3v) is 11.7. The summed E-state index contributed by atoms with van der Waals surface area (Å²) in [4.78, 5) is 33.3. The Morgan fingerprint density at radius 1 is 0.705 bits per heavy atom. The zero-order valence-corrected chi connectivity index (χ0v) is 33.5. The average Bonchev–Trinajstić information content (AvgIpc) is 3.72. The molecule has 2 aromatic carbocycles. The lowest BCUT2D eigenvalue weighted by atomic mass is 9.95. The number of halogens is 4. The van der Waals surface area contributed by atoms with Crippen molar-refractivity contribution in [3.63, 3.8) is 0 Å². The minimum Gasteiger partial charge on any atom is -0.487 e. The van der Waals surface area contributed by atoms with E-state index in [0.29, 0.717) is 22.7 Å². The average molecular weight is 828 g/mol. The van der Waals surface area contributed by atoms with Crippen molar-refractivity contribution in [2.24, 2.45) is 14.1 Å². The van der Waals surface area contributed by atoms with Gasteiger partial charge in [-0.1, -0.05) is 12.1 Å². The smallest absolute Gasteiger partial charge is 0.417 e. The van der Waals surface area contributed by atoms with Gasteiger partial charge in [-0.3, -0.25) is 28.7 Å². The molecule has 0 atom stereocenters. The van der Waals surface area contributed by atoms with Crippen molar-refractivity contribution in [3.05, 3.63) is 170 Å². The van der Waals surface area contributed by atoms with Gasteiger partial charge in [0.25, 0.3) is 11.1 Å². The van der Waals surface area contributed by atoms with Crippen LogP contribution in [0.1, 0.15) is 46.6 Å². The van der Waals surface area contributed by atoms with Crippen molar-refractivity contribution in [1.82, 2.24) is 33.6 Å². The van der Waals surface area contributed by atoms with E-state index >= 15 is 0 Å². The lowest BCUT2D eigenvalue weighted by Crippen LogP contribution is -2.24. The first kappa shape index (κ1) is 39.6. The molecule has 2 aliphatic rings. The largest absolute Gasteiger partial charge is 0.487 e. The quantitative estimate of drug-likeness (QED) is 0.169. The molecule has 1 aliphatic heterocycles. The van der Waals surface area contributed by atoms with Crippen LogP contribution in [0.25, 0.3) is 44.4 Å². The number of benzene rings is 2. The summed E-state index contributed by atoms with van der Waals surface area (Å²) >= 11 is 0. The second kappa shape index (κ2) is 16.0. The number of pyridine rings is 4. The van der Waals surface area contributed by atoms with Gasteiger partial charge in [0, 0.05) is 92.1 Å². The Bertz CT molecular complexity index is 3050. The van der Waals surface area contributed by atoms with E-state index in [-0.39, 0.29) is 17.7 Å². The van der Waals surface area contributed by atoms with Gasteiger partial charge in [0.1, 0.15) is 18.2 Å². The first-order chi connectivity index (χ1) is 29.4. The fourth-order valence-corrected chi connectivity index (χ4v) is 8.54. The Morgan fingerprint density at radius 2 is 1.38 bits per heavy atom. The molecule has 0 saturated carbocycles. The summed E-state index contributed by atoms with van der Waals surface area (Å²) in [6.45, 7) is 1.95. The lowest BCUT2D eigenvalue weighted by molar-refractivity contribution is -0.137. The van der Waals surface area contributed by atoms with Gasteiger partial charge in [0.2, 0.25) is 0 Å². The fourth-order valence-electron chi connectivity index (χ4n) is 8.54. The molecule has 0 amide bonds. The number of hydrogen-bond acceptors (Lipinski definition) is 6. The molecule has 1 aliphatic carbocycles. The van der Waals surface area contributed by atoms with Crippen LogP contribution in [0.5, 0.6) is 5.75 Å². The number of alkyl halides is 3. The first-order valence-corrected chi connectivity index (χ1v) is 20.1. The van der Waals surface area contributed by atoms with Crippen molar-refractivity contribution < 1.29 is 22.3 Å². The molecule has 310 valence electrons. The van der Waals surface area contributed by atoms with Crippen molar-refractivity contribution in [3.8, 4) is 28.4 Å². The molecule has 0 saturated heterocycles. The van der Waals surface area contributed by atoms with Crippen LogP contribution in [-0.2, 0) is 52.7 Å². The maximum Gasteiger partial charge on any atom is 0.417 e. The Kier molecular flexibility index (Phi) is 10.4. The zero-order chi connectivity index (χ0) is 42.4. The Balaban J connectivity index is 0.000000156. The summed E-state index contributed by atoms with van der Waals surface area (Å²) in [5.74, 6) is 0.0650. The van der Waals surface area contributed by atoms with Gasteiger partial charge in [0.15, 0.2) is 0 Å². The van der Waals surface area contributed by atoms with E-state index in [1.165, 1.54) is 75.0 Å². The number of fused-ring (bicyclic) bond motifs is 6. The number of aromatic nitrogens is 6. The molecule has 0 spiro atoms. The van der Waals surface area contributed by atoms with E-state index in [4.69, 9.17) is 4.74 Å². The van der Waals surface area contributed by atoms with Crippen LogP contribution < -0.4 is 21.2 Å². The number of rotatable bonds is 6. The molecule has 0 fully saturated rings. The van der Waals surface area contributed by atoms with Crippen molar-refractivity contribution >= 4 is 21.8 Å². The third kappa shape index (κ3) is 7.74. The van der Waals surface area contributed by atoms with Crippen LogP contribution >= 0.6 is 0 Å². The third-order valence-electron chi connectivity index (χ3n) is 11.7. The molecule has 10 rings (SSSR count). The van der Waals surface area contributed by atoms with E-state index in [1.807, 2.05) is 31.3 Å². The summed E-state index contributed by atoms with van der Waals surface area (Å²) < 4.78 is 64.4. The molecule has 0 radical (unpaired) electrons. The number of nitrogens with one attached hydrogen (secondary N) is 1. The highest BCUT2D eigenvalue weighted by Gasteiger charge is 2.30. The Labute approximate surface area is 347 Å². The Morgan fingerprint density at radius 3 is 2.02 bits per heavy atom. The van der Waals surface area contributed by atoms with Crippen LogP contribution in [0, 0.1) is 5.82 Å². The van der Waals surface area contributed by atoms with Gasteiger partial charge in [-0.05, 0) is 97.5 Å². The molecule has 10 nitrogen and oxygen atoms in total. The maximum atomic E-state index is 12.9. The second-order valence-corrected chi connectivity index (χ2v) is 15.4. The highest BCUT2D eigenvalue weighted by molar-refractivity contribution is 5.88. The molecule has 0 unspecified atom stereocenters. The van der Waals surface area contributed by atoms with E-state index in [1.54, 1.807) is 35.2 Å². The van der Waals surface area contributed by atoms with Gasteiger partial charge < -0.3 is 19.2 Å². The molecular weight excluding hydrogens is 787 g/mol. The van der Waals surface area contributed by atoms with Crippen LogP contribution in [0.4, 0.5) is 17.6 Å². The summed E-state index contributed by atoms with van der Waals surface area (Å²) in [5, 5.41) is 5.86. The minimum atomic E-state index is -4.44. The van der Waals surface area contributed by atoms with Gasteiger partial charge in [-0.15, -0.1) is 0 Å². The van der Waals surface area contributed by atoms with Crippen molar-refractivity contribution in [1.29, 1.82) is 0 Å². The number of aryl methyl sites for hydroxylation is 3.